The normalized spacial score (nSPS) is 27.8. The van der Waals surface area contributed by atoms with Gasteiger partial charge in [-0.15, -0.1) is 0 Å². The molecule has 1 atom stereocenters. The van der Waals surface area contributed by atoms with Gasteiger partial charge in [0.1, 0.15) is 11.9 Å². The standard InChI is InChI=1S/C17H22O4/c1-19-17(18)12-6-8-14(9-7-12)20-11-15-10-13-4-2-3-5-16(13)21-15/h2-5,12,14-15H,6-11H2,1H3. The summed E-state index contributed by atoms with van der Waals surface area (Å²) in [6.07, 6.45) is 4.89. The Hall–Kier alpha value is -1.55. The van der Waals surface area contributed by atoms with E-state index in [1.165, 1.54) is 12.7 Å². The topological polar surface area (TPSA) is 44.8 Å². The lowest BCUT2D eigenvalue weighted by atomic mass is 9.87. The number of para-hydroxylation sites is 1. The Morgan fingerprint density at radius 2 is 2.00 bits per heavy atom. The van der Waals surface area contributed by atoms with Crippen molar-refractivity contribution in [3.63, 3.8) is 0 Å². The average Bonchev–Trinajstić information content (AvgIpc) is 2.95. The van der Waals surface area contributed by atoms with E-state index in [0.29, 0.717) is 6.61 Å². The Bertz CT molecular complexity index is 466. The van der Waals surface area contributed by atoms with E-state index in [1.807, 2.05) is 18.2 Å². The van der Waals surface area contributed by atoms with Crippen LogP contribution in [0.15, 0.2) is 24.3 Å². The van der Waals surface area contributed by atoms with Crippen LogP contribution in [-0.2, 0) is 20.7 Å². The molecular formula is C17H22O4. The van der Waals surface area contributed by atoms with Crippen molar-refractivity contribution < 1.29 is 19.0 Å². The fourth-order valence-electron chi connectivity index (χ4n) is 3.22. The molecule has 2 aliphatic rings. The fourth-order valence-corrected chi connectivity index (χ4v) is 3.22. The van der Waals surface area contributed by atoms with E-state index in [0.717, 1.165) is 37.9 Å². The zero-order valence-corrected chi connectivity index (χ0v) is 12.4. The molecule has 1 saturated carbocycles. The highest BCUT2D eigenvalue weighted by Gasteiger charge is 2.29. The number of esters is 1. The predicted molar refractivity (Wildman–Crippen MR) is 78.3 cm³/mol. The van der Waals surface area contributed by atoms with Crippen LogP contribution >= 0.6 is 0 Å². The highest BCUT2D eigenvalue weighted by atomic mass is 16.5. The molecule has 0 amide bonds. The number of hydrogen-bond donors (Lipinski definition) is 0. The molecule has 0 radical (unpaired) electrons. The number of carbonyl (C=O) groups is 1. The zero-order valence-electron chi connectivity index (χ0n) is 12.4. The van der Waals surface area contributed by atoms with Gasteiger partial charge in [0.15, 0.2) is 0 Å². The molecule has 1 fully saturated rings. The summed E-state index contributed by atoms with van der Waals surface area (Å²) in [7, 11) is 1.46. The van der Waals surface area contributed by atoms with Gasteiger partial charge in [-0.25, -0.2) is 0 Å². The summed E-state index contributed by atoms with van der Waals surface area (Å²) in [6.45, 7) is 0.627. The summed E-state index contributed by atoms with van der Waals surface area (Å²) < 4.78 is 16.7. The zero-order chi connectivity index (χ0) is 14.7. The third-order valence-electron chi connectivity index (χ3n) is 4.44. The van der Waals surface area contributed by atoms with E-state index in [-0.39, 0.29) is 24.1 Å². The van der Waals surface area contributed by atoms with Crippen LogP contribution in [0.25, 0.3) is 0 Å². The molecule has 0 spiro atoms. The highest BCUT2D eigenvalue weighted by molar-refractivity contribution is 5.72. The van der Waals surface area contributed by atoms with E-state index in [4.69, 9.17) is 14.2 Å². The molecule has 4 nitrogen and oxygen atoms in total. The van der Waals surface area contributed by atoms with Crippen molar-refractivity contribution in [2.45, 2.75) is 44.3 Å². The Balaban J connectivity index is 1.41. The summed E-state index contributed by atoms with van der Waals surface area (Å²) in [4.78, 5) is 11.5. The summed E-state index contributed by atoms with van der Waals surface area (Å²) in [5, 5.41) is 0. The number of hydrogen-bond acceptors (Lipinski definition) is 4. The summed E-state index contributed by atoms with van der Waals surface area (Å²) in [5.41, 5.74) is 1.26. The van der Waals surface area contributed by atoms with Crippen LogP contribution in [0.2, 0.25) is 0 Å². The van der Waals surface area contributed by atoms with Crippen molar-refractivity contribution in [2.75, 3.05) is 13.7 Å². The fraction of sp³-hybridized carbons (Fsp3) is 0.588. The molecule has 21 heavy (non-hydrogen) atoms. The van der Waals surface area contributed by atoms with Crippen LogP contribution in [-0.4, -0.2) is 31.9 Å². The second kappa shape index (κ2) is 6.48. The first-order valence-corrected chi connectivity index (χ1v) is 7.70. The number of ether oxygens (including phenoxy) is 3. The van der Waals surface area contributed by atoms with Gasteiger partial charge in [-0.2, -0.15) is 0 Å². The van der Waals surface area contributed by atoms with Crippen molar-refractivity contribution in [3.8, 4) is 5.75 Å². The minimum Gasteiger partial charge on any atom is -0.487 e. The lowest BCUT2D eigenvalue weighted by molar-refractivity contribution is -0.147. The Morgan fingerprint density at radius 1 is 1.24 bits per heavy atom. The predicted octanol–water partition coefficient (Wildman–Crippen LogP) is 2.74. The smallest absolute Gasteiger partial charge is 0.308 e. The van der Waals surface area contributed by atoms with Crippen LogP contribution < -0.4 is 4.74 Å². The van der Waals surface area contributed by atoms with Crippen molar-refractivity contribution in [1.82, 2.24) is 0 Å². The number of rotatable bonds is 4. The molecule has 1 heterocycles. The van der Waals surface area contributed by atoms with Gasteiger partial charge in [0, 0.05) is 6.42 Å². The van der Waals surface area contributed by atoms with E-state index >= 15 is 0 Å². The second-order valence-electron chi connectivity index (χ2n) is 5.88. The minimum atomic E-state index is -0.0805. The van der Waals surface area contributed by atoms with Gasteiger partial charge in [-0.3, -0.25) is 4.79 Å². The van der Waals surface area contributed by atoms with Gasteiger partial charge >= 0.3 is 5.97 Å². The first kappa shape index (κ1) is 14.4. The molecule has 3 rings (SSSR count). The van der Waals surface area contributed by atoms with Gasteiger partial charge in [0.05, 0.1) is 25.7 Å². The lowest BCUT2D eigenvalue weighted by Crippen LogP contribution is -2.30. The molecule has 0 saturated heterocycles. The van der Waals surface area contributed by atoms with Crippen LogP contribution in [0.5, 0.6) is 5.75 Å². The van der Waals surface area contributed by atoms with Crippen LogP contribution in [0.3, 0.4) is 0 Å². The molecule has 1 aliphatic heterocycles. The molecule has 1 unspecified atom stereocenters. The maximum absolute atomic E-state index is 11.5. The largest absolute Gasteiger partial charge is 0.487 e. The molecule has 4 heteroatoms. The molecule has 1 aromatic carbocycles. The summed E-state index contributed by atoms with van der Waals surface area (Å²) in [5.74, 6) is 0.963. The molecule has 1 aliphatic carbocycles. The minimum absolute atomic E-state index is 0.0573. The Kier molecular flexibility index (Phi) is 4.44. The maximum atomic E-state index is 11.5. The Labute approximate surface area is 125 Å². The van der Waals surface area contributed by atoms with Crippen LogP contribution in [0.4, 0.5) is 0 Å². The van der Waals surface area contributed by atoms with Crippen LogP contribution in [0.1, 0.15) is 31.2 Å². The summed E-state index contributed by atoms with van der Waals surface area (Å²) in [6, 6.07) is 8.16. The van der Waals surface area contributed by atoms with Crippen molar-refractivity contribution >= 4 is 5.97 Å². The van der Waals surface area contributed by atoms with Gasteiger partial charge < -0.3 is 14.2 Å². The molecule has 114 valence electrons. The van der Waals surface area contributed by atoms with Crippen molar-refractivity contribution in [2.24, 2.45) is 5.92 Å². The SMILES string of the molecule is COC(=O)C1CCC(OCC2Cc3ccccc3O2)CC1. The quantitative estimate of drug-likeness (QED) is 0.800. The first-order valence-electron chi connectivity index (χ1n) is 7.70. The first-order chi connectivity index (χ1) is 10.3. The number of benzene rings is 1. The van der Waals surface area contributed by atoms with E-state index in [2.05, 4.69) is 6.07 Å². The number of carbonyl (C=O) groups excluding carboxylic acids is 1. The highest BCUT2D eigenvalue weighted by Crippen LogP contribution is 2.30. The van der Waals surface area contributed by atoms with Gasteiger partial charge in [-0.05, 0) is 37.3 Å². The van der Waals surface area contributed by atoms with Crippen LogP contribution in [0, 0.1) is 5.92 Å². The van der Waals surface area contributed by atoms with Gasteiger partial charge in [0.2, 0.25) is 0 Å². The molecule has 0 N–H and O–H groups in total. The molecule has 0 aromatic heterocycles. The van der Waals surface area contributed by atoms with Crippen molar-refractivity contribution in [1.29, 1.82) is 0 Å². The monoisotopic (exact) mass is 290 g/mol. The van der Waals surface area contributed by atoms with E-state index in [9.17, 15) is 4.79 Å². The van der Waals surface area contributed by atoms with Gasteiger partial charge in [-0.1, -0.05) is 18.2 Å². The molecular weight excluding hydrogens is 268 g/mol. The Morgan fingerprint density at radius 3 is 2.71 bits per heavy atom. The third kappa shape index (κ3) is 3.38. The average molecular weight is 290 g/mol. The maximum Gasteiger partial charge on any atom is 0.308 e. The summed E-state index contributed by atoms with van der Waals surface area (Å²) >= 11 is 0. The van der Waals surface area contributed by atoms with E-state index in [1.54, 1.807) is 0 Å². The lowest BCUT2D eigenvalue weighted by Gasteiger charge is -2.27. The van der Waals surface area contributed by atoms with Gasteiger partial charge in [0.25, 0.3) is 0 Å². The molecule has 1 aromatic rings. The van der Waals surface area contributed by atoms with E-state index < -0.39 is 0 Å². The van der Waals surface area contributed by atoms with Crippen molar-refractivity contribution in [3.05, 3.63) is 29.8 Å². The number of methoxy groups -OCH3 is 1. The number of fused-ring (bicyclic) bond motifs is 1. The molecule has 0 bridgehead atoms. The third-order valence-corrected chi connectivity index (χ3v) is 4.44. The second-order valence-corrected chi connectivity index (χ2v) is 5.88.